The summed E-state index contributed by atoms with van der Waals surface area (Å²) in [5.74, 6) is 1.83. The van der Waals surface area contributed by atoms with E-state index in [2.05, 4.69) is 46.2 Å². The Morgan fingerprint density at radius 2 is 2.07 bits per heavy atom. The van der Waals surface area contributed by atoms with E-state index in [1.54, 1.807) is 0 Å². The molecule has 1 aromatic rings. The van der Waals surface area contributed by atoms with Crippen molar-refractivity contribution in [1.82, 2.24) is 20.1 Å². The molecule has 5 nitrogen and oxygen atoms in total. The van der Waals surface area contributed by atoms with Crippen molar-refractivity contribution in [3.63, 3.8) is 0 Å². The molecule has 2 N–H and O–H groups in total. The number of nitrogens with zero attached hydrogens (tertiary/aromatic N) is 3. The van der Waals surface area contributed by atoms with Gasteiger partial charge in [-0.2, -0.15) is 0 Å². The maximum absolute atomic E-state index is 4.16. The highest BCUT2D eigenvalue weighted by molar-refractivity contribution is 5.26. The number of rotatable bonds is 5. The fourth-order valence-corrected chi connectivity index (χ4v) is 1.37. The summed E-state index contributed by atoms with van der Waals surface area (Å²) in [6.45, 7) is 7.97. The van der Waals surface area contributed by atoms with Gasteiger partial charge in [0.05, 0.1) is 6.04 Å². The standard InChI is InChI=1S/C9H19N5/c1-5-11-9-13-12-8(7(3)10-4)14(9)6-2/h7,10H,5-6H2,1-4H3,(H,11,13). The summed E-state index contributed by atoms with van der Waals surface area (Å²) < 4.78 is 2.09. The molecule has 0 bridgehead atoms. The van der Waals surface area contributed by atoms with Crippen molar-refractivity contribution in [2.45, 2.75) is 33.4 Å². The van der Waals surface area contributed by atoms with E-state index in [1.165, 1.54) is 0 Å². The van der Waals surface area contributed by atoms with Gasteiger partial charge in [-0.25, -0.2) is 0 Å². The van der Waals surface area contributed by atoms with Gasteiger partial charge in [0.25, 0.3) is 0 Å². The monoisotopic (exact) mass is 197 g/mol. The minimum atomic E-state index is 0.231. The van der Waals surface area contributed by atoms with Crippen molar-refractivity contribution in [3.8, 4) is 0 Å². The normalized spacial score (nSPS) is 12.9. The predicted octanol–water partition coefficient (Wildman–Crippen LogP) is 1.01. The first-order valence-corrected chi connectivity index (χ1v) is 5.08. The molecule has 1 unspecified atom stereocenters. The summed E-state index contributed by atoms with van der Waals surface area (Å²) in [5.41, 5.74) is 0. The molecule has 0 amide bonds. The maximum Gasteiger partial charge on any atom is 0.224 e. The van der Waals surface area contributed by atoms with Crippen LogP contribution in [-0.4, -0.2) is 28.4 Å². The first-order valence-electron chi connectivity index (χ1n) is 5.08. The third-order valence-electron chi connectivity index (χ3n) is 2.25. The number of nitrogens with one attached hydrogen (secondary N) is 2. The van der Waals surface area contributed by atoms with Crippen LogP contribution in [0.3, 0.4) is 0 Å². The number of hydrogen-bond donors (Lipinski definition) is 2. The second kappa shape index (κ2) is 4.95. The minimum absolute atomic E-state index is 0.231. The van der Waals surface area contributed by atoms with Gasteiger partial charge in [-0.05, 0) is 27.8 Å². The first kappa shape index (κ1) is 11.0. The van der Waals surface area contributed by atoms with Crippen LogP contribution in [0.2, 0.25) is 0 Å². The van der Waals surface area contributed by atoms with Crippen molar-refractivity contribution >= 4 is 5.95 Å². The Labute approximate surface area is 84.9 Å². The lowest BCUT2D eigenvalue weighted by Gasteiger charge is -2.12. The Hall–Kier alpha value is -1.10. The van der Waals surface area contributed by atoms with Gasteiger partial charge in [-0.15, -0.1) is 10.2 Å². The fourth-order valence-electron chi connectivity index (χ4n) is 1.37. The lowest BCUT2D eigenvalue weighted by Crippen LogP contribution is -2.18. The smallest absolute Gasteiger partial charge is 0.224 e. The molecule has 1 rings (SSSR count). The molecule has 0 saturated heterocycles. The minimum Gasteiger partial charge on any atom is -0.355 e. The molecular weight excluding hydrogens is 178 g/mol. The molecule has 0 aromatic carbocycles. The quantitative estimate of drug-likeness (QED) is 0.739. The summed E-state index contributed by atoms with van der Waals surface area (Å²) in [6, 6.07) is 0.231. The van der Waals surface area contributed by atoms with E-state index in [0.717, 1.165) is 24.9 Å². The summed E-state index contributed by atoms with van der Waals surface area (Å²) >= 11 is 0. The van der Waals surface area contributed by atoms with E-state index in [1.807, 2.05) is 7.05 Å². The molecule has 80 valence electrons. The Morgan fingerprint density at radius 1 is 1.36 bits per heavy atom. The van der Waals surface area contributed by atoms with Gasteiger partial charge in [0.2, 0.25) is 5.95 Å². The third-order valence-corrected chi connectivity index (χ3v) is 2.25. The van der Waals surface area contributed by atoms with Gasteiger partial charge in [-0.3, -0.25) is 4.57 Å². The average Bonchev–Trinajstić information content (AvgIpc) is 2.60. The lowest BCUT2D eigenvalue weighted by atomic mass is 10.3. The molecule has 14 heavy (non-hydrogen) atoms. The molecule has 1 heterocycles. The van der Waals surface area contributed by atoms with Crippen molar-refractivity contribution in [2.24, 2.45) is 0 Å². The fraction of sp³-hybridized carbons (Fsp3) is 0.778. The van der Waals surface area contributed by atoms with Crippen LogP contribution in [-0.2, 0) is 6.54 Å². The average molecular weight is 197 g/mol. The number of anilines is 1. The van der Waals surface area contributed by atoms with E-state index in [-0.39, 0.29) is 6.04 Å². The Morgan fingerprint density at radius 3 is 2.57 bits per heavy atom. The van der Waals surface area contributed by atoms with Gasteiger partial charge < -0.3 is 10.6 Å². The van der Waals surface area contributed by atoms with Crippen molar-refractivity contribution in [3.05, 3.63) is 5.82 Å². The predicted molar refractivity (Wildman–Crippen MR) is 57.3 cm³/mol. The molecule has 0 spiro atoms. The third kappa shape index (κ3) is 2.04. The molecule has 0 aliphatic heterocycles. The van der Waals surface area contributed by atoms with Crippen molar-refractivity contribution in [1.29, 1.82) is 0 Å². The van der Waals surface area contributed by atoms with E-state index >= 15 is 0 Å². The SMILES string of the molecule is CCNc1nnc(C(C)NC)n1CC. The highest BCUT2D eigenvalue weighted by Crippen LogP contribution is 2.13. The van der Waals surface area contributed by atoms with E-state index < -0.39 is 0 Å². The molecule has 0 aliphatic rings. The highest BCUT2D eigenvalue weighted by atomic mass is 15.4. The zero-order chi connectivity index (χ0) is 10.6. The second-order valence-corrected chi connectivity index (χ2v) is 3.17. The van der Waals surface area contributed by atoms with Crippen LogP contribution in [0.15, 0.2) is 0 Å². The van der Waals surface area contributed by atoms with E-state index in [4.69, 9.17) is 0 Å². The molecular formula is C9H19N5. The van der Waals surface area contributed by atoms with Crippen LogP contribution in [0, 0.1) is 0 Å². The van der Waals surface area contributed by atoms with Gasteiger partial charge >= 0.3 is 0 Å². The Bertz CT molecular complexity index is 281. The van der Waals surface area contributed by atoms with Crippen LogP contribution in [0.1, 0.15) is 32.6 Å². The highest BCUT2D eigenvalue weighted by Gasteiger charge is 2.14. The molecule has 0 saturated carbocycles. The van der Waals surface area contributed by atoms with E-state index in [9.17, 15) is 0 Å². The molecule has 0 aliphatic carbocycles. The maximum atomic E-state index is 4.16. The summed E-state index contributed by atoms with van der Waals surface area (Å²) in [7, 11) is 1.92. The van der Waals surface area contributed by atoms with Crippen LogP contribution in [0.25, 0.3) is 0 Å². The van der Waals surface area contributed by atoms with Crippen LogP contribution < -0.4 is 10.6 Å². The van der Waals surface area contributed by atoms with Crippen molar-refractivity contribution in [2.75, 3.05) is 18.9 Å². The Kier molecular flexibility index (Phi) is 3.88. The van der Waals surface area contributed by atoms with Gasteiger partial charge in [0.1, 0.15) is 0 Å². The summed E-state index contributed by atoms with van der Waals surface area (Å²) in [5, 5.41) is 14.6. The van der Waals surface area contributed by atoms with Crippen LogP contribution in [0.5, 0.6) is 0 Å². The summed E-state index contributed by atoms with van der Waals surface area (Å²) in [6.07, 6.45) is 0. The second-order valence-electron chi connectivity index (χ2n) is 3.17. The van der Waals surface area contributed by atoms with Crippen LogP contribution in [0.4, 0.5) is 5.95 Å². The topological polar surface area (TPSA) is 54.8 Å². The largest absolute Gasteiger partial charge is 0.355 e. The molecule has 1 aromatic heterocycles. The first-order chi connectivity index (χ1) is 6.74. The Balaban J connectivity index is 2.94. The molecule has 5 heteroatoms. The van der Waals surface area contributed by atoms with E-state index in [0.29, 0.717) is 0 Å². The lowest BCUT2D eigenvalue weighted by molar-refractivity contribution is 0.564. The zero-order valence-corrected chi connectivity index (χ0v) is 9.33. The summed E-state index contributed by atoms with van der Waals surface area (Å²) in [4.78, 5) is 0. The van der Waals surface area contributed by atoms with Gasteiger partial charge in [0.15, 0.2) is 5.82 Å². The zero-order valence-electron chi connectivity index (χ0n) is 9.33. The van der Waals surface area contributed by atoms with Crippen molar-refractivity contribution < 1.29 is 0 Å². The number of aromatic nitrogens is 3. The van der Waals surface area contributed by atoms with Crippen LogP contribution >= 0.6 is 0 Å². The number of hydrogen-bond acceptors (Lipinski definition) is 4. The molecule has 0 radical (unpaired) electrons. The molecule has 0 fully saturated rings. The molecule has 1 atom stereocenters. The van der Waals surface area contributed by atoms with Gasteiger partial charge in [0, 0.05) is 13.1 Å². The van der Waals surface area contributed by atoms with Gasteiger partial charge in [-0.1, -0.05) is 0 Å².